The van der Waals surface area contributed by atoms with E-state index in [0.717, 1.165) is 6.42 Å². The first-order chi connectivity index (χ1) is 12.2. The molecule has 25 heavy (non-hydrogen) atoms. The third-order valence-electron chi connectivity index (χ3n) is 3.61. The molecule has 0 aliphatic rings. The largest absolute Gasteiger partial charge is 0.487 e. The molecule has 0 atom stereocenters. The third-order valence-corrected chi connectivity index (χ3v) is 3.61. The highest BCUT2D eigenvalue weighted by atomic mass is 16.5. The van der Waals surface area contributed by atoms with Crippen LogP contribution in [0.2, 0.25) is 0 Å². The van der Waals surface area contributed by atoms with Crippen molar-refractivity contribution < 1.29 is 9.53 Å². The Morgan fingerprint density at radius 2 is 2.08 bits per heavy atom. The Balaban J connectivity index is 1.71. The van der Waals surface area contributed by atoms with Crippen molar-refractivity contribution in [3.05, 3.63) is 70.8 Å². The zero-order valence-electron chi connectivity index (χ0n) is 13.9. The molecule has 1 N–H and O–H groups in total. The summed E-state index contributed by atoms with van der Waals surface area (Å²) in [5, 5.41) is 2.83. The van der Waals surface area contributed by atoms with E-state index in [0.29, 0.717) is 29.2 Å². The van der Waals surface area contributed by atoms with E-state index in [1.165, 1.54) is 10.5 Å². The van der Waals surface area contributed by atoms with Crippen LogP contribution in [-0.2, 0) is 11.4 Å². The summed E-state index contributed by atoms with van der Waals surface area (Å²) >= 11 is 0. The first kappa shape index (κ1) is 16.7. The Kier molecular flexibility index (Phi) is 5.09. The summed E-state index contributed by atoms with van der Waals surface area (Å²) in [6, 6.07) is 14.0. The quantitative estimate of drug-likeness (QED) is 0.750. The number of nitrogens with one attached hydrogen (secondary N) is 1. The van der Waals surface area contributed by atoms with Gasteiger partial charge in [-0.1, -0.05) is 19.1 Å². The molecule has 0 spiro atoms. The Morgan fingerprint density at radius 1 is 1.20 bits per heavy atom. The Labute approximate surface area is 145 Å². The van der Waals surface area contributed by atoms with Crippen LogP contribution in [0.5, 0.6) is 5.75 Å². The van der Waals surface area contributed by atoms with Gasteiger partial charge in [-0.05, 0) is 30.7 Å². The van der Waals surface area contributed by atoms with Crippen LogP contribution in [0.1, 0.15) is 25.5 Å². The standard InChI is InChI=1S/C19H19N3O3/c1-2-6-18(23)21-14-7-5-8-16(11-14)25-13-15-12-19(24)22-10-4-3-9-17(22)20-15/h3-5,7-12H,2,6,13H2,1H3,(H,21,23). The van der Waals surface area contributed by atoms with Crippen LogP contribution in [0, 0.1) is 0 Å². The van der Waals surface area contributed by atoms with E-state index in [4.69, 9.17) is 4.74 Å². The topological polar surface area (TPSA) is 72.7 Å². The summed E-state index contributed by atoms with van der Waals surface area (Å²) in [5.41, 5.74) is 1.66. The smallest absolute Gasteiger partial charge is 0.258 e. The van der Waals surface area contributed by atoms with Crippen molar-refractivity contribution in [2.24, 2.45) is 0 Å². The molecule has 0 aliphatic heterocycles. The molecule has 0 aliphatic carbocycles. The molecule has 1 aromatic carbocycles. The molecule has 0 saturated heterocycles. The molecule has 0 radical (unpaired) electrons. The average Bonchev–Trinajstić information content (AvgIpc) is 2.60. The average molecular weight is 337 g/mol. The van der Waals surface area contributed by atoms with Crippen molar-refractivity contribution >= 4 is 17.2 Å². The number of pyridine rings is 1. The first-order valence-corrected chi connectivity index (χ1v) is 8.16. The Hall–Kier alpha value is -3.15. The maximum atomic E-state index is 12.1. The number of anilines is 1. The summed E-state index contributed by atoms with van der Waals surface area (Å²) in [6.45, 7) is 2.13. The molecule has 6 nitrogen and oxygen atoms in total. The minimum Gasteiger partial charge on any atom is -0.487 e. The maximum Gasteiger partial charge on any atom is 0.258 e. The fraction of sp³-hybridized carbons (Fsp3) is 0.211. The van der Waals surface area contributed by atoms with Crippen LogP contribution in [0.15, 0.2) is 59.5 Å². The van der Waals surface area contributed by atoms with Gasteiger partial charge in [0, 0.05) is 30.4 Å². The molecule has 0 fully saturated rings. The normalized spacial score (nSPS) is 10.6. The van der Waals surface area contributed by atoms with Crippen molar-refractivity contribution in [1.82, 2.24) is 9.38 Å². The number of hydrogen-bond donors (Lipinski definition) is 1. The summed E-state index contributed by atoms with van der Waals surface area (Å²) in [6.07, 6.45) is 2.96. The van der Waals surface area contributed by atoms with E-state index in [9.17, 15) is 9.59 Å². The molecular formula is C19H19N3O3. The predicted octanol–water partition coefficient (Wildman–Crippen LogP) is 3.01. The molecule has 1 amide bonds. The lowest BCUT2D eigenvalue weighted by Crippen LogP contribution is -2.16. The number of rotatable bonds is 6. The summed E-state index contributed by atoms with van der Waals surface area (Å²) in [5.74, 6) is 0.577. The molecular weight excluding hydrogens is 318 g/mol. The number of amides is 1. The second-order valence-electron chi connectivity index (χ2n) is 5.63. The van der Waals surface area contributed by atoms with Crippen LogP contribution in [0.3, 0.4) is 0 Å². The summed E-state index contributed by atoms with van der Waals surface area (Å²) in [7, 11) is 0. The summed E-state index contributed by atoms with van der Waals surface area (Å²) < 4.78 is 7.20. The molecule has 2 heterocycles. The number of carbonyl (C=O) groups excluding carboxylic acids is 1. The lowest BCUT2D eigenvalue weighted by Gasteiger charge is -2.09. The van der Waals surface area contributed by atoms with E-state index in [1.54, 1.807) is 42.6 Å². The monoisotopic (exact) mass is 337 g/mol. The van der Waals surface area contributed by atoms with Crippen molar-refractivity contribution in [2.75, 3.05) is 5.32 Å². The maximum absolute atomic E-state index is 12.1. The number of carbonyl (C=O) groups is 1. The van der Waals surface area contributed by atoms with Gasteiger partial charge in [-0.3, -0.25) is 14.0 Å². The molecule has 0 saturated carbocycles. The van der Waals surface area contributed by atoms with Gasteiger partial charge in [0.05, 0.1) is 5.69 Å². The van der Waals surface area contributed by atoms with Crippen molar-refractivity contribution in [2.45, 2.75) is 26.4 Å². The lowest BCUT2D eigenvalue weighted by atomic mass is 10.2. The molecule has 3 rings (SSSR count). The van der Waals surface area contributed by atoms with E-state index < -0.39 is 0 Å². The molecule has 128 valence electrons. The first-order valence-electron chi connectivity index (χ1n) is 8.16. The van der Waals surface area contributed by atoms with Crippen molar-refractivity contribution in [1.29, 1.82) is 0 Å². The van der Waals surface area contributed by atoms with Crippen LogP contribution in [-0.4, -0.2) is 15.3 Å². The van der Waals surface area contributed by atoms with Gasteiger partial charge in [-0.25, -0.2) is 4.98 Å². The molecule has 0 unspecified atom stereocenters. The minimum atomic E-state index is -0.148. The van der Waals surface area contributed by atoms with Crippen LogP contribution >= 0.6 is 0 Å². The summed E-state index contributed by atoms with van der Waals surface area (Å²) in [4.78, 5) is 28.1. The zero-order chi connectivity index (χ0) is 17.6. The molecule has 0 bridgehead atoms. The Bertz CT molecular complexity index is 950. The van der Waals surface area contributed by atoms with Gasteiger partial charge < -0.3 is 10.1 Å². The number of fused-ring (bicyclic) bond motifs is 1. The second kappa shape index (κ2) is 7.61. The number of benzene rings is 1. The minimum absolute atomic E-state index is 0.0242. The van der Waals surface area contributed by atoms with E-state index >= 15 is 0 Å². The Morgan fingerprint density at radius 3 is 2.92 bits per heavy atom. The molecule has 6 heteroatoms. The lowest BCUT2D eigenvalue weighted by molar-refractivity contribution is -0.116. The van der Waals surface area contributed by atoms with Gasteiger partial charge in [-0.15, -0.1) is 0 Å². The van der Waals surface area contributed by atoms with Gasteiger partial charge in [0.15, 0.2) is 0 Å². The molecule has 3 aromatic rings. The second-order valence-corrected chi connectivity index (χ2v) is 5.63. The van der Waals surface area contributed by atoms with E-state index in [-0.39, 0.29) is 18.1 Å². The zero-order valence-corrected chi connectivity index (χ0v) is 13.9. The highest BCUT2D eigenvalue weighted by Crippen LogP contribution is 2.18. The van der Waals surface area contributed by atoms with Gasteiger partial charge in [0.25, 0.3) is 5.56 Å². The molecule has 2 aromatic heterocycles. The van der Waals surface area contributed by atoms with Gasteiger partial charge >= 0.3 is 0 Å². The highest BCUT2D eigenvalue weighted by molar-refractivity contribution is 5.90. The van der Waals surface area contributed by atoms with E-state index in [2.05, 4.69) is 10.3 Å². The van der Waals surface area contributed by atoms with Gasteiger partial charge in [0.2, 0.25) is 5.91 Å². The van der Waals surface area contributed by atoms with Gasteiger partial charge in [0.1, 0.15) is 18.0 Å². The number of nitrogens with zero attached hydrogens (tertiary/aromatic N) is 2. The van der Waals surface area contributed by atoms with Gasteiger partial charge in [-0.2, -0.15) is 0 Å². The highest BCUT2D eigenvalue weighted by Gasteiger charge is 2.05. The van der Waals surface area contributed by atoms with Crippen molar-refractivity contribution in [3.63, 3.8) is 0 Å². The third kappa shape index (κ3) is 4.23. The fourth-order valence-electron chi connectivity index (χ4n) is 2.45. The SMILES string of the molecule is CCCC(=O)Nc1cccc(OCc2cc(=O)n3ccccc3n2)c1. The van der Waals surface area contributed by atoms with Crippen LogP contribution in [0.4, 0.5) is 5.69 Å². The number of aromatic nitrogens is 2. The number of hydrogen-bond acceptors (Lipinski definition) is 4. The van der Waals surface area contributed by atoms with Crippen LogP contribution in [0.25, 0.3) is 5.65 Å². The van der Waals surface area contributed by atoms with E-state index in [1.807, 2.05) is 13.0 Å². The number of ether oxygens (including phenoxy) is 1. The predicted molar refractivity (Wildman–Crippen MR) is 95.8 cm³/mol. The van der Waals surface area contributed by atoms with Crippen LogP contribution < -0.4 is 15.6 Å². The van der Waals surface area contributed by atoms with Crippen molar-refractivity contribution in [3.8, 4) is 5.75 Å². The fourth-order valence-corrected chi connectivity index (χ4v) is 2.45.